The van der Waals surface area contributed by atoms with Crippen molar-refractivity contribution in [2.24, 2.45) is 142 Å². The van der Waals surface area contributed by atoms with Crippen LogP contribution in [0.2, 0.25) is 74.5 Å². The van der Waals surface area contributed by atoms with Crippen molar-refractivity contribution in [2.45, 2.75) is 442 Å². The molecule has 28 unspecified atom stereocenters. The fourth-order valence-corrected chi connectivity index (χ4v) is 59.5. The van der Waals surface area contributed by atoms with Gasteiger partial charge in [-0.2, -0.15) is 0 Å². The molecule has 0 spiro atoms. The molecule has 13 rings (SSSR count). The van der Waals surface area contributed by atoms with Gasteiger partial charge in [-0.3, -0.25) is 0 Å². The maximum Gasteiger partial charge on any atom is 0.154 e. The lowest BCUT2D eigenvalue weighted by Crippen LogP contribution is -2.67. The summed E-state index contributed by atoms with van der Waals surface area (Å²) >= 11 is 0. The molecule has 1 aromatic carbocycles. The highest BCUT2D eigenvalue weighted by atomic mass is 28.3. The van der Waals surface area contributed by atoms with Gasteiger partial charge in [0.15, 0.2) is 8.24 Å². The SMILES string of the molecule is CC1C(C)C([Si](C)(C)N(C(C)(C)C)C(C)(C)C)C2CC3CCCCC3CC12.CC1C(C)C([Si](C)(C)N(C(C)C)C(C)(C)C)C2CC3CCCCC3CC12.CC1C(C)C([Si](C)(C)N(c2ccccc2)C(C)(C)C)C2CC3CCCCC3CC12.CCN(C(C)(C)C)[Si](C)(C)C1C(C)C(C)C2CC3CCCCC3CC21. The van der Waals surface area contributed by atoms with Crippen molar-refractivity contribution in [3.8, 4) is 0 Å². The summed E-state index contributed by atoms with van der Waals surface area (Å²) in [4.78, 5) is 0. The zero-order valence-corrected chi connectivity index (χ0v) is 82.1. The number of hydrogen-bond donors (Lipinski definition) is 0. The quantitative estimate of drug-likeness (QED) is 0.205. The Balaban J connectivity index is 0.000000153. The molecule has 618 valence electrons. The largest absolute Gasteiger partial charge is 0.393 e. The molecule has 8 heteroatoms. The van der Waals surface area contributed by atoms with Crippen molar-refractivity contribution < 1.29 is 0 Å². The van der Waals surface area contributed by atoms with E-state index in [1.807, 2.05) is 0 Å². The molecule has 0 bridgehead atoms. The molecule has 12 saturated carbocycles. The monoisotopic (exact) mass is 1540 g/mol. The number of hydrogen-bond acceptors (Lipinski definition) is 4. The second-order valence-electron chi connectivity index (χ2n) is 49.1. The van der Waals surface area contributed by atoms with E-state index in [0.717, 1.165) is 164 Å². The van der Waals surface area contributed by atoms with Gasteiger partial charge in [0.25, 0.3) is 0 Å². The predicted molar refractivity (Wildman–Crippen MR) is 484 cm³/mol. The Morgan fingerprint density at radius 2 is 0.561 bits per heavy atom. The summed E-state index contributed by atoms with van der Waals surface area (Å²) in [6, 6.07) is 12.0. The van der Waals surface area contributed by atoms with Crippen LogP contribution in [0.4, 0.5) is 5.69 Å². The molecule has 12 aliphatic rings. The Labute approximate surface area is 673 Å². The molecule has 12 aliphatic carbocycles. The number of nitrogens with zero attached hydrogens (tertiary/aromatic N) is 4. The number of rotatable bonds is 11. The van der Waals surface area contributed by atoms with Crippen LogP contribution in [0.5, 0.6) is 0 Å². The molecule has 0 heterocycles. The molecule has 28 atom stereocenters. The van der Waals surface area contributed by atoms with Gasteiger partial charge in [0.1, 0.15) is 24.7 Å². The van der Waals surface area contributed by atoms with E-state index in [-0.39, 0.29) is 22.2 Å². The second-order valence-corrected chi connectivity index (χ2v) is 66.9. The van der Waals surface area contributed by atoms with Crippen molar-refractivity contribution in [1.82, 2.24) is 13.7 Å². The lowest BCUT2D eigenvalue weighted by atomic mass is 9.63. The topological polar surface area (TPSA) is 13.0 Å². The molecule has 0 aromatic heterocycles. The number of benzene rings is 1. The zero-order chi connectivity index (χ0) is 79.3. The third-order valence-corrected chi connectivity index (χ3v) is 56.0. The van der Waals surface area contributed by atoms with Crippen LogP contribution < -0.4 is 4.57 Å². The van der Waals surface area contributed by atoms with Crippen LogP contribution in [0.15, 0.2) is 30.3 Å². The maximum atomic E-state index is 3.01. The standard InChI is InChI=1S/C27H45NSi.C25H49NSi.C24H47NSi.C23H45NSi/c1-19-20(2)26(25-18-22-14-12-11-13-21(22)17-24(19)25)29(6,7)28(27(3,4)5)23-15-9-8-10-16-23;1-17-18(2)23(27(9,10)26(24(3,4)5)25(6,7)8)22-16-20-14-12-11-13-19(20)15-21(17)22;1-16(2)25(24(5,6)7)26(8,9)23-18(4)17(3)21-14-19-12-10-11-13-20(19)15-22(21)23;1-9-24(23(4,5)6)25(7,8)22-17(3)16(2)20-14-18-12-10-11-13-19(18)15-21(20)22/h8-10,15-16,19-22,24-26H,11-14,17-18H2,1-7H3;17-23H,11-16H2,1-10H3;16-23H,10-15H2,1-9H3;16-22H,9-15H2,1-8H3. The summed E-state index contributed by atoms with van der Waals surface area (Å²) in [6.45, 7) is 88.0. The third kappa shape index (κ3) is 18.0. The first-order valence-electron chi connectivity index (χ1n) is 47.7. The number of fused-ring (bicyclic) bond motifs is 8. The lowest BCUT2D eigenvalue weighted by Gasteiger charge is -2.58. The van der Waals surface area contributed by atoms with Gasteiger partial charge in [-0.05, 0) is 344 Å². The average Bonchev–Trinajstić information content (AvgIpc) is 1.61. The molecular weight excluding hydrogens is 1360 g/mol. The van der Waals surface area contributed by atoms with Gasteiger partial charge >= 0.3 is 0 Å². The minimum atomic E-state index is -1.71. The smallest absolute Gasteiger partial charge is 0.154 e. The number of para-hydroxylation sites is 1. The van der Waals surface area contributed by atoms with E-state index in [0.29, 0.717) is 11.6 Å². The molecule has 0 aliphatic heterocycles. The third-order valence-electron chi connectivity index (χ3n) is 36.3. The van der Waals surface area contributed by atoms with Gasteiger partial charge in [0.05, 0.1) is 0 Å². The van der Waals surface area contributed by atoms with Gasteiger partial charge < -0.3 is 18.3 Å². The van der Waals surface area contributed by atoms with E-state index >= 15 is 0 Å². The molecule has 4 nitrogen and oxygen atoms in total. The summed E-state index contributed by atoms with van der Waals surface area (Å²) in [7, 11) is -6.33. The number of anilines is 1. The van der Waals surface area contributed by atoms with Gasteiger partial charge in [0.2, 0.25) is 0 Å². The van der Waals surface area contributed by atoms with Crippen LogP contribution in [-0.4, -0.2) is 86.9 Å². The Hall–Kier alpha value is -0.232. The van der Waals surface area contributed by atoms with E-state index in [1.165, 1.54) is 95.7 Å². The van der Waals surface area contributed by atoms with Crippen molar-refractivity contribution >= 4 is 38.6 Å². The first-order valence-corrected chi connectivity index (χ1v) is 59.8. The zero-order valence-electron chi connectivity index (χ0n) is 78.1. The van der Waals surface area contributed by atoms with Crippen molar-refractivity contribution in [3.05, 3.63) is 30.3 Å². The van der Waals surface area contributed by atoms with Gasteiger partial charge in [-0.1, -0.05) is 249 Å². The maximum absolute atomic E-state index is 3.01. The van der Waals surface area contributed by atoms with Crippen LogP contribution in [-0.2, 0) is 0 Å². The summed E-state index contributed by atoms with van der Waals surface area (Å²) in [6.07, 6.45) is 36.8. The van der Waals surface area contributed by atoms with Crippen LogP contribution in [0.1, 0.15) is 334 Å². The van der Waals surface area contributed by atoms with Crippen LogP contribution in [0, 0.1) is 142 Å². The first kappa shape index (κ1) is 89.1. The highest BCUT2D eigenvalue weighted by Gasteiger charge is 2.64. The van der Waals surface area contributed by atoms with E-state index in [4.69, 9.17) is 0 Å². The molecule has 0 amide bonds. The predicted octanol–water partition coefficient (Wildman–Crippen LogP) is 29.6. The van der Waals surface area contributed by atoms with Crippen molar-refractivity contribution in [1.29, 1.82) is 0 Å². The Morgan fingerprint density at radius 3 is 0.794 bits per heavy atom. The molecule has 107 heavy (non-hydrogen) atoms. The Kier molecular flexibility index (Phi) is 28.0. The normalized spacial score (nSPS) is 40.5. The van der Waals surface area contributed by atoms with E-state index < -0.39 is 32.9 Å². The molecule has 0 saturated heterocycles. The Morgan fingerprint density at radius 1 is 0.308 bits per heavy atom. The summed E-state index contributed by atoms with van der Waals surface area (Å²) in [5, 5.41) is 0. The summed E-state index contributed by atoms with van der Waals surface area (Å²) in [5.74, 6) is 23.9. The molecule has 0 radical (unpaired) electrons. The molecule has 12 fully saturated rings. The van der Waals surface area contributed by atoms with E-state index in [9.17, 15) is 0 Å². The first-order chi connectivity index (χ1) is 49.4. The molecular formula is C99H186N4Si4. The summed E-state index contributed by atoms with van der Waals surface area (Å²) < 4.78 is 11.9. The van der Waals surface area contributed by atoms with Crippen LogP contribution in [0.25, 0.3) is 0 Å². The fraction of sp³-hybridized carbons (Fsp3) is 0.939. The molecule has 0 N–H and O–H groups in total. The van der Waals surface area contributed by atoms with Gasteiger partial charge in [0, 0.05) is 33.4 Å². The summed E-state index contributed by atoms with van der Waals surface area (Å²) in [5.41, 5.74) is 6.55. The van der Waals surface area contributed by atoms with Crippen LogP contribution >= 0.6 is 0 Å². The van der Waals surface area contributed by atoms with E-state index in [1.54, 1.807) is 70.6 Å². The highest BCUT2D eigenvalue weighted by molar-refractivity contribution is 6.83. The van der Waals surface area contributed by atoms with Gasteiger partial charge in [-0.25, -0.2) is 0 Å². The highest BCUT2D eigenvalue weighted by Crippen LogP contribution is 2.68. The van der Waals surface area contributed by atoms with E-state index in [2.05, 4.69) is 281 Å². The second kappa shape index (κ2) is 33.6. The van der Waals surface area contributed by atoms with Gasteiger partial charge in [-0.15, -0.1) is 0 Å². The molecule has 1 aromatic rings. The van der Waals surface area contributed by atoms with Crippen LogP contribution in [0.3, 0.4) is 0 Å². The average molecular weight is 1540 g/mol. The van der Waals surface area contributed by atoms with Crippen molar-refractivity contribution in [3.63, 3.8) is 0 Å². The lowest BCUT2D eigenvalue weighted by molar-refractivity contribution is 0.0746. The van der Waals surface area contributed by atoms with Crippen molar-refractivity contribution in [2.75, 3.05) is 11.1 Å². The fourth-order valence-electron chi connectivity index (χ4n) is 34.6. The minimum Gasteiger partial charge on any atom is -0.393 e. The minimum absolute atomic E-state index is 0.167. The Bertz CT molecular complexity index is 2940.